The standard InChI is InChI=1S/C12H13Br2NO2/c13-9-6-10(14)12(15-7-9)11(16)5-8-1-3-17-4-2-8/h6-8H,1-5H2. The van der Waals surface area contributed by atoms with Crippen molar-refractivity contribution in [3.8, 4) is 0 Å². The van der Waals surface area contributed by atoms with Gasteiger partial charge < -0.3 is 4.74 Å². The van der Waals surface area contributed by atoms with Gasteiger partial charge in [0.2, 0.25) is 0 Å². The third-order valence-electron chi connectivity index (χ3n) is 2.89. The lowest BCUT2D eigenvalue weighted by molar-refractivity contribution is 0.0599. The molecule has 1 aliphatic rings. The second-order valence-electron chi connectivity index (χ2n) is 4.17. The molecule has 0 bridgehead atoms. The van der Waals surface area contributed by atoms with E-state index in [9.17, 15) is 4.79 Å². The number of ether oxygens (including phenoxy) is 1. The highest BCUT2D eigenvalue weighted by atomic mass is 79.9. The fourth-order valence-corrected chi connectivity index (χ4v) is 3.14. The number of pyridine rings is 1. The third kappa shape index (κ3) is 3.60. The Morgan fingerprint density at radius 1 is 1.41 bits per heavy atom. The Labute approximate surface area is 117 Å². The van der Waals surface area contributed by atoms with Crippen LogP contribution in [0.3, 0.4) is 0 Å². The Morgan fingerprint density at radius 2 is 2.12 bits per heavy atom. The minimum atomic E-state index is 0.108. The SMILES string of the molecule is O=C(CC1CCOCC1)c1ncc(Br)cc1Br. The summed E-state index contributed by atoms with van der Waals surface area (Å²) in [5, 5.41) is 0. The molecule has 0 spiro atoms. The zero-order valence-electron chi connectivity index (χ0n) is 9.29. The summed E-state index contributed by atoms with van der Waals surface area (Å²) in [6, 6.07) is 1.85. The van der Waals surface area contributed by atoms with Crippen molar-refractivity contribution in [3.05, 3.63) is 26.9 Å². The second-order valence-corrected chi connectivity index (χ2v) is 5.94. The summed E-state index contributed by atoms with van der Waals surface area (Å²) < 4.78 is 6.91. The van der Waals surface area contributed by atoms with Gasteiger partial charge >= 0.3 is 0 Å². The summed E-state index contributed by atoms with van der Waals surface area (Å²) in [7, 11) is 0. The third-order valence-corrected chi connectivity index (χ3v) is 3.93. The Kier molecular flexibility index (Phi) is 4.70. The van der Waals surface area contributed by atoms with Gasteiger partial charge in [0.1, 0.15) is 5.69 Å². The molecule has 1 fully saturated rings. The molecule has 0 radical (unpaired) electrons. The molecule has 0 saturated carbocycles. The van der Waals surface area contributed by atoms with Crippen LogP contribution in [0.1, 0.15) is 29.8 Å². The number of Topliss-reactive ketones (excluding diaryl/α,β-unsaturated/α-hetero) is 1. The van der Waals surface area contributed by atoms with Gasteiger partial charge in [-0.15, -0.1) is 0 Å². The van der Waals surface area contributed by atoms with E-state index in [2.05, 4.69) is 36.8 Å². The van der Waals surface area contributed by atoms with Gasteiger partial charge in [0, 0.05) is 34.8 Å². The van der Waals surface area contributed by atoms with Gasteiger partial charge in [-0.2, -0.15) is 0 Å². The van der Waals surface area contributed by atoms with Crippen molar-refractivity contribution in [3.63, 3.8) is 0 Å². The van der Waals surface area contributed by atoms with Crippen LogP contribution in [0.15, 0.2) is 21.2 Å². The first kappa shape index (κ1) is 13.2. The molecule has 0 aliphatic carbocycles. The van der Waals surface area contributed by atoms with E-state index in [0.29, 0.717) is 18.0 Å². The van der Waals surface area contributed by atoms with Crippen molar-refractivity contribution in [2.45, 2.75) is 19.3 Å². The summed E-state index contributed by atoms with van der Waals surface area (Å²) in [4.78, 5) is 16.3. The van der Waals surface area contributed by atoms with E-state index in [4.69, 9.17) is 4.74 Å². The molecule has 1 saturated heterocycles. The number of nitrogens with zero attached hydrogens (tertiary/aromatic N) is 1. The van der Waals surface area contributed by atoms with Gasteiger partial charge in [0.05, 0.1) is 0 Å². The molecular formula is C12H13Br2NO2. The van der Waals surface area contributed by atoms with Crippen LogP contribution in [0.25, 0.3) is 0 Å². The molecule has 1 aromatic heterocycles. The average Bonchev–Trinajstić information content (AvgIpc) is 2.30. The lowest BCUT2D eigenvalue weighted by atomic mass is 9.93. The number of ketones is 1. The fourth-order valence-electron chi connectivity index (χ4n) is 1.93. The molecule has 0 aromatic carbocycles. The quantitative estimate of drug-likeness (QED) is 0.771. The Bertz CT molecular complexity index is 417. The van der Waals surface area contributed by atoms with E-state index in [1.54, 1.807) is 6.20 Å². The lowest BCUT2D eigenvalue weighted by Gasteiger charge is -2.21. The number of rotatable bonds is 3. The number of halogens is 2. The molecule has 0 unspecified atom stereocenters. The van der Waals surface area contributed by atoms with E-state index < -0.39 is 0 Å². The van der Waals surface area contributed by atoms with Crippen LogP contribution < -0.4 is 0 Å². The highest BCUT2D eigenvalue weighted by Crippen LogP contribution is 2.24. The number of carbonyl (C=O) groups excluding carboxylic acids is 1. The van der Waals surface area contributed by atoms with Gasteiger partial charge in [-0.3, -0.25) is 9.78 Å². The van der Waals surface area contributed by atoms with Gasteiger partial charge in [-0.1, -0.05) is 0 Å². The average molecular weight is 363 g/mol. The highest BCUT2D eigenvalue weighted by molar-refractivity contribution is 9.11. The van der Waals surface area contributed by atoms with Gasteiger partial charge in [0.15, 0.2) is 5.78 Å². The zero-order chi connectivity index (χ0) is 12.3. The fraction of sp³-hybridized carbons (Fsp3) is 0.500. The normalized spacial score (nSPS) is 17.1. The molecular weight excluding hydrogens is 350 g/mol. The van der Waals surface area contributed by atoms with Crippen molar-refractivity contribution in [2.24, 2.45) is 5.92 Å². The Hall–Kier alpha value is -0.260. The molecule has 2 heterocycles. The molecule has 0 amide bonds. The molecule has 0 N–H and O–H groups in total. The van der Waals surface area contributed by atoms with Crippen LogP contribution >= 0.6 is 31.9 Å². The number of carbonyl (C=O) groups is 1. The maximum Gasteiger partial charge on any atom is 0.182 e. The Morgan fingerprint density at radius 3 is 2.76 bits per heavy atom. The number of hydrogen-bond donors (Lipinski definition) is 0. The summed E-state index contributed by atoms with van der Waals surface area (Å²) in [6.45, 7) is 1.54. The summed E-state index contributed by atoms with van der Waals surface area (Å²) in [5.41, 5.74) is 0.527. The van der Waals surface area contributed by atoms with Crippen LogP contribution in [0.4, 0.5) is 0 Å². The van der Waals surface area contributed by atoms with Gasteiger partial charge in [-0.25, -0.2) is 0 Å². The topological polar surface area (TPSA) is 39.2 Å². The van der Waals surface area contributed by atoms with E-state index in [1.165, 1.54) is 0 Å². The van der Waals surface area contributed by atoms with E-state index >= 15 is 0 Å². The lowest BCUT2D eigenvalue weighted by Crippen LogP contribution is -2.19. The van der Waals surface area contributed by atoms with Gasteiger partial charge in [0.25, 0.3) is 0 Å². The maximum atomic E-state index is 12.1. The molecule has 1 aromatic rings. The molecule has 92 valence electrons. The molecule has 1 aliphatic heterocycles. The van der Waals surface area contributed by atoms with Crippen LogP contribution in [-0.4, -0.2) is 24.0 Å². The van der Waals surface area contributed by atoms with Crippen molar-refractivity contribution in [1.82, 2.24) is 4.98 Å². The van der Waals surface area contributed by atoms with Crippen molar-refractivity contribution in [2.75, 3.05) is 13.2 Å². The van der Waals surface area contributed by atoms with Crippen molar-refractivity contribution < 1.29 is 9.53 Å². The van der Waals surface area contributed by atoms with Crippen LogP contribution in [0.2, 0.25) is 0 Å². The second kappa shape index (κ2) is 6.07. The van der Waals surface area contributed by atoms with Crippen molar-refractivity contribution >= 4 is 37.6 Å². The first-order chi connectivity index (χ1) is 8.16. The van der Waals surface area contributed by atoms with E-state index in [1.807, 2.05) is 6.07 Å². The number of aromatic nitrogens is 1. The monoisotopic (exact) mass is 361 g/mol. The zero-order valence-corrected chi connectivity index (χ0v) is 12.5. The largest absolute Gasteiger partial charge is 0.381 e. The molecule has 5 heteroatoms. The molecule has 17 heavy (non-hydrogen) atoms. The highest BCUT2D eigenvalue weighted by Gasteiger charge is 2.20. The van der Waals surface area contributed by atoms with E-state index in [-0.39, 0.29) is 5.78 Å². The summed E-state index contributed by atoms with van der Waals surface area (Å²) in [6.07, 6.45) is 4.17. The Balaban J connectivity index is 2.03. The minimum absolute atomic E-state index is 0.108. The van der Waals surface area contributed by atoms with Gasteiger partial charge in [-0.05, 0) is 56.7 Å². The molecule has 2 rings (SSSR count). The minimum Gasteiger partial charge on any atom is -0.381 e. The molecule has 0 atom stereocenters. The van der Waals surface area contributed by atoms with Crippen molar-refractivity contribution in [1.29, 1.82) is 0 Å². The first-order valence-electron chi connectivity index (χ1n) is 5.59. The predicted molar refractivity (Wildman–Crippen MR) is 72.1 cm³/mol. The van der Waals surface area contributed by atoms with Crippen LogP contribution in [0, 0.1) is 5.92 Å². The summed E-state index contributed by atoms with van der Waals surface area (Å²) >= 11 is 6.70. The summed E-state index contributed by atoms with van der Waals surface area (Å²) in [5.74, 6) is 0.546. The van der Waals surface area contributed by atoms with Crippen LogP contribution in [-0.2, 0) is 4.74 Å². The number of hydrogen-bond acceptors (Lipinski definition) is 3. The van der Waals surface area contributed by atoms with Crippen LogP contribution in [0.5, 0.6) is 0 Å². The predicted octanol–water partition coefficient (Wildman–Crippen LogP) is 3.61. The van der Waals surface area contributed by atoms with E-state index in [0.717, 1.165) is 35.0 Å². The first-order valence-corrected chi connectivity index (χ1v) is 7.17. The molecule has 3 nitrogen and oxygen atoms in total. The smallest absolute Gasteiger partial charge is 0.182 e. The maximum absolute atomic E-state index is 12.1.